The molecule has 0 spiro atoms. The maximum Gasteiger partial charge on any atom is 0.303 e. The zero-order valence-corrected chi connectivity index (χ0v) is 17.9. The molecule has 0 aliphatic carbocycles. The highest BCUT2D eigenvalue weighted by Crippen LogP contribution is 2.59. The molecule has 1 aliphatic rings. The Bertz CT molecular complexity index is 878. The largest absolute Gasteiger partial charge is 0.481 e. The number of halogens is 1. The molecule has 4 N–H and O–H groups in total. The van der Waals surface area contributed by atoms with Crippen molar-refractivity contribution in [2.75, 3.05) is 17.9 Å². The van der Waals surface area contributed by atoms with Crippen LogP contribution in [0.4, 0.5) is 5.69 Å². The fraction of sp³-hybridized carbons (Fsp3) is 0.381. The van der Waals surface area contributed by atoms with Crippen molar-refractivity contribution in [1.82, 2.24) is 5.32 Å². The molecule has 2 aromatic carbocycles. The molecule has 0 aromatic heterocycles. The minimum absolute atomic E-state index is 0.200. The number of hydrogen-bond acceptors (Lipinski definition) is 5. The number of carbonyl (C=O) groups is 1. The van der Waals surface area contributed by atoms with E-state index in [-0.39, 0.29) is 12.5 Å². The maximum atomic E-state index is 11.0. The Kier molecular flexibility index (Phi) is 7.08. The minimum atomic E-state index is -3.22. The van der Waals surface area contributed by atoms with Gasteiger partial charge in [0.2, 0.25) is 0 Å². The Labute approximate surface area is 178 Å². The Morgan fingerprint density at radius 1 is 1.10 bits per heavy atom. The number of carboxylic acids is 1. The van der Waals surface area contributed by atoms with Gasteiger partial charge in [-0.05, 0) is 48.7 Å². The number of anilines is 1. The van der Waals surface area contributed by atoms with Gasteiger partial charge in [-0.15, -0.1) is 0 Å². The summed E-state index contributed by atoms with van der Waals surface area (Å²) in [6.45, 7) is 0.733. The van der Waals surface area contributed by atoms with Gasteiger partial charge >= 0.3 is 5.97 Å². The fourth-order valence-electron chi connectivity index (χ4n) is 3.68. The number of nitrogens with one attached hydrogen (secondary N) is 1. The fourth-order valence-corrected chi connectivity index (χ4v) is 5.44. The van der Waals surface area contributed by atoms with E-state index < -0.39 is 16.7 Å². The van der Waals surface area contributed by atoms with Gasteiger partial charge in [0.25, 0.3) is 0 Å². The highest BCUT2D eigenvalue weighted by molar-refractivity contribution is 8.25. The minimum Gasteiger partial charge on any atom is -0.481 e. The molecule has 3 rings (SSSR count). The van der Waals surface area contributed by atoms with E-state index in [4.69, 9.17) is 16.7 Å². The van der Waals surface area contributed by atoms with Crippen LogP contribution in [0.1, 0.15) is 49.3 Å². The van der Waals surface area contributed by atoms with E-state index in [0.29, 0.717) is 16.3 Å². The topological polar surface area (TPSA) is 93.0 Å². The molecule has 0 fully saturated rings. The average molecular weight is 439 g/mol. The summed E-state index contributed by atoms with van der Waals surface area (Å²) in [6.07, 6.45) is 3.63. The molecule has 29 heavy (non-hydrogen) atoms. The SMILES string of the molecule is CN1c2ccccc2C(NCCCCCCC(=O)O)c2ccc(Cl)cc2S1(O)O. The summed E-state index contributed by atoms with van der Waals surface area (Å²) in [5, 5.41) is 12.7. The molecule has 0 saturated carbocycles. The Morgan fingerprint density at radius 3 is 2.59 bits per heavy atom. The van der Waals surface area contributed by atoms with Crippen LogP contribution in [-0.2, 0) is 4.79 Å². The van der Waals surface area contributed by atoms with E-state index >= 15 is 0 Å². The summed E-state index contributed by atoms with van der Waals surface area (Å²) in [7, 11) is -1.54. The van der Waals surface area contributed by atoms with Gasteiger partial charge in [-0.25, -0.2) is 0 Å². The van der Waals surface area contributed by atoms with Crippen molar-refractivity contribution in [1.29, 1.82) is 0 Å². The van der Waals surface area contributed by atoms with Crippen LogP contribution >= 0.6 is 22.4 Å². The summed E-state index contributed by atoms with van der Waals surface area (Å²) < 4.78 is 23.5. The number of carboxylic acid groups (broad SMARTS) is 1. The lowest BCUT2D eigenvalue weighted by atomic mass is 9.96. The first-order valence-corrected chi connectivity index (χ1v) is 11.6. The molecular formula is C21H27ClN2O4S. The molecule has 6 nitrogen and oxygen atoms in total. The standard InChI is InChI=1S/C21H27ClN2O4S/c1-24-18-9-6-5-8-16(18)21(23-13-7-3-2-4-10-20(25)26)17-12-11-15(22)14-19(17)29(24,27)28/h5-6,8-9,11-12,14,21,23,27-28H,2-4,7,10,13H2,1H3,(H,25,26). The predicted octanol–water partition coefficient (Wildman–Crippen LogP) is 5.53. The first-order valence-electron chi connectivity index (χ1n) is 9.68. The quantitative estimate of drug-likeness (QED) is 0.405. The van der Waals surface area contributed by atoms with Gasteiger partial charge in [-0.2, -0.15) is 0 Å². The van der Waals surface area contributed by atoms with E-state index in [2.05, 4.69) is 5.32 Å². The van der Waals surface area contributed by atoms with E-state index in [9.17, 15) is 13.9 Å². The van der Waals surface area contributed by atoms with Crippen LogP contribution in [0.2, 0.25) is 5.02 Å². The van der Waals surface area contributed by atoms with E-state index in [0.717, 1.165) is 42.6 Å². The molecule has 0 saturated heterocycles. The summed E-state index contributed by atoms with van der Waals surface area (Å²) in [5.74, 6) is -0.753. The van der Waals surface area contributed by atoms with E-state index in [1.807, 2.05) is 30.3 Å². The lowest BCUT2D eigenvalue weighted by molar-refractivity contribution is -0.137. The average Bonchev–Trinajstić information content (AvgIpc) is 2.75. The smallest absolute Gasteiger partial charge is 0.303 e. The molecule has 1 atom stereocenters. The van der Waals surface area contributed by atoms with Gasteiger partial charge in [-0.1, -0.05) is 59.5 Å². The molecular weight excluding hydrogens is 412 g/mol. The Balaban J connectivity index is 1.83. The van der Waals surface area contributed by atoms with Crippen molar-refractivity contribution in [2.45, 2.75) is 43.0 Å². The van der Waals surface area contributed by atoms with Crippen molar-refractivity contribution in [3.63, 3.8) is 0 Å². The van der Waals surface area contributed by atoms with E-state index in [1.54, 1.807) is 19.2 Å². The number of hydrogen-bond donors (Lipinski definition) is 4. The second-order valence-corrected chi connectivity index (χ2v) is 9.66. The third-order valence-electron chi connectivity index (χ3n) is 5.22. The molecule has 0 radical (unpaired) electrons. The molecule has 1 aliphatic heterocycles. The Hall–Kier alpha value is -1.77. The number of nitrogens with zero attached hydrogens (tertiary/aromatic N) is 1. The van der Waals surface area contributed by atoms with E-state index in [1.165, 1.54) is 4.31 Å². The molecule has 158 valence electrons. The van der Waals surface area contributed by atoms with Crippen LogP contribution in [0.15, 0.2) is 47.4 Å². The van der Waals surface area contributed by atoms with Crippen LogP contribution in [0.5, 0.6) is 0 Å². The van der Waals surface area contributed by atoms with Gasteiger partial charge in [0.1, 0.15) is 0 Å². The number of fused-ring (bicyclic) bond motifs is 2. The lowest BCUT2D eigenvalue weighted by Crippen LogP contribution is -2.24. The first-order chi connectivity index (χ1) is 13.8. The zero-order chi connectivity index (χ0) is 21.0. The number of unbranched alkanes of at least 4 members (excludes halogenated alkanes) is 3. The van der Waals surface area contributed by atoms with Gasteiger partial charge in [0.05, 0.1) is 16.6 Å². The van der Waals surface area contributed by atoms with Crippen LogP contribution in [0.25, 0.3) is 0 Å². The van der Waals surface area contributed by atoms with Crippen molar-refractivity contribution >= 4 is 34.0 Å². The van der Waals surface area contributed by atoms with Crippen molar-refractivity contribution in [3.8, 4) is 0 Å². The number of para-hydroxylation sites is 1. The zero-order valence-electron chi connectivity index (χ0n) is 16.3. The summed E-state index contributed by atoms with van der Waals surface area (Å²) >= 11 is 6.17. The molecule has 2 aromatic rings. The van der Waals surface area contributed by atoms with Crippen molar-refractivity contribution in [2.24, 2.45) is 0 Å². The van der Waals surface area contributed by atoms with Gasteiger partial charge in [-0.3, -0.25) is 18.2 Å². The van der Waals surface area contributed by atoms with Gasteiger partial charge in [0, 0.05) is 18.5 Å². The molecule has 0 bridgehead atoms. The molecule has 0 amide bonds. The lowest BCUT2D eigenvalue weighted by Gasteiger charge is -2.41. The highest BCUT2D eigenvalue weighted by Gasteiger charge is 2.35. The summed E-state index contributed by atoms with van der Waals surface area (Å²) in [6, 6.07) is 12.8. The molecule has 8 heteroatoms. The van der Waals surface area contributed by atoms with Crippen LogP contribution in [-0.4, -0.2) is 33.8 Å². The normalized spacial score (nSPS) is 18.5. The number of benzene rings is 2. The summed E-state index contributed by atoms with van der Waals surface area (Å²) in [5.41, 5.74) is 2.54. The molecule has 1 heterocycles. The number of rotatable bonds is 8. The predicted molar refractivity (Wildman–Crippen MR) is 118 cm³/mol. The second kappa shape index (κ2) is 9.36. The van der Waals surface area contributed by atoms with Gasteiger partial charge < -0.3 is 10.4 Å². The van der Waals surface area contributed by atoms with Crippen molar-refractivity contribution < 1.29 is 19.0 Å². The monoisotopic (exact) mass is 438 g/mol. The van der Waals surface area contributed by atoms with Crippen LogP contribution in [0, 0.1) is 0 Å². The number of aliphatic carboxylic acids is 1. The van der Waals surface area contributed by atoms with Crippen molar-refractivity contribution in [3.05, 3.63) is 58.6 Å². The van der Waals surface area contributed by atoms with Crippen LogP contribution < -0.4 is 9.62 Å². The highest BCUT2D eigenvalue weighted by atomic mass is 35.5. The van der Waals surface area contributed by atoms with Crippen LogP contribution in [0.3, 0.4) is 0 Å². The first kappa shape index (κ1) is 21.9. The third kappa shape index (κ3) is 4.87. The molecule has 1 unspecified atom stereocenters. The second-order valence-electron chi connectivity index (χ2n) is 7.20. The third-order valence-corrected chi connectivity index (χ3v) is 7.36. The Morgan fingerprint density at radius 2 is 1.83 bits per heavy atom. The van der Waals surface area contributed by atoms with Gasteiger partial charge in [0.15, 0.2) is 0 Å². The maximum absolute atomic E-state index is 11.0. The summed E-state index contributed by atoms with van der Waals surface area (Å²) in [4.78, 5) is 11.0.